The Labute approximate surface area is 168 Å². The highest BCUT2D eigenvalue weighted by Gasteiger charge is 2.31. The molecule has 0 saturated heterocycles. The SMILES string of the molecule is O=C(COc1ccc(Sc2ccccc2)cc1)Oc1ccc(C(F)(F)F)cc1O. The van der Waals surface area contributed by atoms with Crippen molar-refractivity contribution in [2.45, 2.75) is 16.0 Å². The molecule has 29 heavy (non-hydrogen) atoms. The van der Waals surface area contributed by atoms with Crippen LogP contribution in [-0.2, 0) is 11.0 Å². The molecular weight excluding hydrogens is 405 g/mol. The molecule has 3 aromatic rings. The zero-order valence-corrected chi connectivity index (χ0v) is 15.7. The van der Waals surface area contributed by atoms with Crippen molar-refractivity contribution in [3.05, 3.63) is 78.4 Å². The summed E-state index contributed by atoms with van der Waals surface area (Å²) in [6.45, 7) is -0.467. The summed E-state index contributed by atoms with van der Waals surface area (Å²) >= 11 is 1.57. The molecule has 0 aliphatic heterocycles. The number of rotatable bonds is 6. The van der Waals surface area contributed by atoms with Crippen LogP contribution in [0.1, 0.15) is 5.56 Å². The van der Waals surface area contributed by atoms with Gasteiger partial charge in [0.2, 0.25) is 0 Å². The number of carbonyl (C=O) groups is 1. The topological polar surface area (TPSA) is 55.8 Å². The minimum absolute atomic E-state index is 0.374. The lowest BCUT2D eigenvalue weighted by atomic mass is 10.2. The number of phenols is 1. The molecule has 0 spiro atoms. The Morgan fingerprint density at radius 3 is 2.21 bits per heavy atom. The van der Waals surface area contributed by atoms with Gasteiger partial charge in [-0.1, -0.05) is 30.0 Å². The highest BCUT2D eigenvalue weighted by Crippen LogP contribution is 2.35. The van der Waals surface area contributed by atoms with E-state index in [1.54, 1.807) is 23.9 Å². The number of ether oxygens (including phenoxy) is 2. The predicted octanol–water partition coefficient (Wildman–Crippen LogP) is 5.55. The molecule has 0 radical (unpaired) electrons. The largest absolute Gasteiger partial charge is 0.504 e. The van der Waals surface area contributed by atoms with Gasteiger partial charge in [0.15, 0.2) is 18.1 Å². The van der Waals surface area contributed by atoms with Gasteiger partial charge < -0.3 is 14.6 Å². The number of aromatic hydroxyl groups is 1. The smallest absolute Gasteiger partial charge is 0.416 e. The third-order valence-electron chi connectivity index (χ3n) is 3.67. The van der Waals surface area contributed by atoms with E-state index < -0.39 is 30.1 Å². The van der Waals surface area contributed by atoms with Gasteiger partial charge in [0, 0.05) is 9.79 Å². The second-order valence-electron chi connectivity index (χ2n) is 5.83. The van der Waals surface area contributed by atoms with Crippen molar-refractivity contribution < 1.29 is 32.5 Å². The Kier molecular flexibility index (Phi) is 6.33. The molecule has 0 heterocycles. The highest BCUT2D eigenvalue weighted by atomic mass is 32.2. The van der Waals surface area contributed by atoms with Gasteiger partial charge in [0.25, 0.3) is 0 Å². The zero-order chi connectivity index (χ0) is 20.9. The Bertz CT molecular complexity index is 973. The lowest BCUT2D eigenvalue weighted by Gasteiger charge is -2.11. The van der Waals surface area contributed by atoms with E-state index in [9.17, 15) is 23.1 Å². The van der Waals surface area contributed by atoms with Crippen LogP contribution in [0.5, 0.6) is 17.2 Å². The van der Waals surface area contributed by atoms with Gasteiger partial charge in [-0.2, -0.15) is 13.2 Å². The van der Waals surface area contributed by atoms with Crippen molar-refractivity contribution in [2.75, 3.05) is 6.61 Å². The summed E-state index contributed by atoms with van der Waals surface area (Å²) in [7, 11) is 0. The fraction of sp³-hybridized carbons (Fsp3) is 0.0952. The molecule has 3 rings (SSSR count). The monoisotopic (exact) mass is 420 g/mol. The van der Waals surface area contributed by atoms with Gasteiger partial charge >= 0.3 is 12.1 Å². The first-order chi connectivity index (χ1) is 13.8. The van der Waals surface area contributed by atoms with E-state index in [4.69, 9.17) is 9.47 Å². The molecule has 3 aromatic carbocycles. The Hall–Kier alpha value is -3.13. The second-order valence-corrected chi connectivity index (χ2v) is 6.98. The molecule has 4 nitrogen and oxygen atoms in total. The van der Waals surface area contributed by atoms with Crippen LogP contribution in [0.4, 0.5) is 13.2 Å². The van der Waals surface area contributed by atoms with Gasteiger partial charge in [0.05, 0.1) is 5.56 Å². The first-order valence-electron chi connectivity index (χ1n) is 8.38. The normalized spacial score (nSPS) is 11.1. The summed E-state index contributed by atoms with van der Waals surface area (Å²) in [4.78, 5) is 13.9. The summed E-state index contributed by atoms with van der Waals surface area (Å²) in [5.74, 6) is -1.59. The van der Waals surface area contributed by atoms with Crippen LogP contribution in [0.25, 0.3) is 0 Å². The minimum atomic E-state index is -4.60. The molecule has 0 atom stereocenters. The average Bonchev–Trinajstić information content (AvgIpc) is 2.69. The third kappa shape index (κ3) is 5.92. The molecular formula is C21H15F3O4S. The van der Waals surface area contributed by atoms with Crippen molar-refractivity contribution in [1.29, 1.82) is 0 Å². The zero-order valence-electron chi connectivity index (χ0n) is 14.8. The Morgan fingerprint density at radius 2 is 1.59 bits per heavy atom. The molecule has 0 saturated carbocycles. The summed E-state index contributed by atoms with van der Waals surface area (Å²) in [5, 5.41) is 9.62. The van der Waals surface area contributed by atoms with Gasteiger partial charge in [0.1, 0.15) is 5.75 Å². The van der Waals surface area contributed by atoms with E-state index in [0.717, 1.165) is 15.9 Å². The molecule has 0 fully saturated rings. The Balaban J connectivity index is 1.53. The van der Waals surface area contributed by atoms with Crippen LogP contribution >= 0.6 is 11.8 Å². The molecule has 0 aromatic heterocycles. The van der Waals surface area contributed by atoms with Gasteiger partial charge in [-0.05, 0) is 54.6 Å². The molecule has 0 aliphatic rings. The summed E-state index contributed by atoms with van der Waals surface area (Å²) in [5.41, 5.74) is -1.04. The predicted molar refractivity (Wildman–Crippen MR) is 101 cm³/mol. The standard InChI is InChI=1S/C21H15F3O4S/c22-21(23,24)14-6-11-19(18(25)12-14)28-20(26)13-27-15-7-9-17(10-8-15)29-16-4-2-1-3-5-16/h1-12,25H,13H2. The molecule has 0 unspecified atom stereocenters. The summed E-state index contributed by atoms with van der Waals surface area (Å²) in [6.07, 6.45) is -4.60. The average molecular weight is 420 g/mol. The lowest BCUT2D eigenvalue weighted by molar-refractivity contribution is -0.137. The molecule has 0 aliphatic carbocycles. The van der Waals surface area contributed by atoms with Crippen LogP contribution in [0, 0.1) is 0 Å². The maximum atomic E-state index is 12.6. The van der Waals surface area contributed by atoms with Crippen LogP contribution < -0.4 is 9.47 Å². The van der Waals surface area contributed by atoms with E-state index in [0.29, 0.717) is 17.9 Å². The maximum absolute atomic E-state index is 12.6. The van der Waals surface area contributed by atoms with Crippen molar-refractivity contribution >= 4 is 17.7 Å². The van der Waals surface area contributed by atoms with Crippen LogP contribution in [0.3, 0.4) is 0 Å². The van der Waals surface area contributed by atoms with Crippen LogP contribution in [-0.4, -0.2) is 17.7 Å². The number of benzene rings is 3. The first kappa shape index (κ1) is 20.6. The summed E-state index contributed by atoms with van der Waals surface area (Å²) < 4.78 is 47.9. The summed E-state index contributed by atoms with van der Waals surface area (Å²) in [6, 6.07) is 18.9. The number of phenolic OH excluding ortho intramolecular Hbond substituents is 1. The highest BCUT2D eigenvalue weighted by molar-refractivity contribution is 7.99. The van der Waals surface area contributed by atoms with Gasteiger partial charge in [-0.15, -0.1) is 0 Å². The van der Waals surface area contributed by atoms with Crippen molar-refractivity contribution in [3.8, 4) is 17.2 Å². The van der Waals surface area contributed by atoms with Crippen LogP contribution in [0.15, 0.2) is 82.6 Å². The van der Waals surface area contributed by atoms with Crippen LogP contribution in [0.2, 0.25) is 0 Å². The van der Waals surface area contributed by atoms with Crippen molar-refractivity contribution in [3.63, 3.8) is 0 Å². The Morgan fingerprint density at radius 1 is 0.931 bits per heavy atom. The molecule has 1 N–H and O–H groups in total. The van der Waals surface area contributed by atoms with E-state index in [1.165, 1.54) is 0 Å². The van der Waals surface area contributed by atoms with E-state index in [-0.39, 0.29) is 5.75 Å². The minimum Gasteiger partial charge on any atom is -0.504 e. The van der Waals surface area contributed by atoms with Gasteiger partial charge in [-0.25, -0.2) is 4.79 Å². The quantitative estimate of drug-likeness (QED) is 0.419. The molecule has 0 amide bonds. The number of carbonyl (C=O) groups excluding carboxylic acids is 1. The first-order valence-corrected chi connectivity index (χ1v) is 9.19. The molecule has 0 bridgehead atoms. The molecule has 8 heteroatoms. The number of halogens is 3. The van der Waals surface area contributed by atoms with Crippen molar-refractivity contribution in [2.24, 2.45) is 0 Å². The number of alkyl halides is 3. The van der Waals surface area contributed by atoms with Crippen molar-refractivity contribution in [1.82, 2.24) is 0 Å². The number of hydrogen-bond donors (Lipinski definition) is 1. The molecule has 150 valence electrons. The fourth-order valence-corrected chi connectivity index (χ4v) is 3.14. The number of hydrogen-bond acceptors (Lipinski definition) is 5. The fourth-order valence-electron chi connectivity index (χ4n) is 2.30. The van der Waals surface area contributed by atoms with Gasteiger partial charge in [-0.3, -0.25) is 0 Å². The third-order valence-corrected chi connectivity index (χ3v) is 4.69. The van der Waals surface area contributed by atoms with E-state index in [2.05, 4.69) is 0 Å². The lowest BCUT2D eigenvalue weighted by Crippen LogP contribution is -2.18. The number of esters is 1. The van der Waals surface area contributed by atoms with E-state index in [1.807, 2.05) is 42.5 Å². The maximum Gasteiger partial charge on any atom is 0.416 e. The second kappa shape index (κ2) is 8.91. The van der Waals surface area contributed by atoms with E-state index >= 15 is 0 Å².